The zero-order valence-corrected chi connectivity index (χ0v) is 15.7. The molecule has 0 aliphatic carbocycles. The Balaban J connectivity index is 1.41. The van der Waals surface area contributed by atoms with Gasteiger partial charge >= 0.3 is 0 Å². The number of ether oxygens (including phenoxy) is 1. The Morgan fingerprint density at radius 2 is 2.10 bits per heavy atom. The molecule has 1 aromatic carbocycles. The van der Waals surface area contributed by atoms with Crippen molar-refractivity contribution in [3.63, 3.8) is 0 Å². The molecule has 1 aliphatic heterocycles. The minimum Gasteiger partial charge on any atom is -0.368 e. The normalized spacial score (nSPS) is 15.8. The van der Waals surface area contributed by atoms with E-state index in [9.17, 15) is 9.59 Å². The zero-order valence-electron chi connectivity index (χ0n) is 15.7. The lowest BCUT2D eigenvalue weighted by atomic mass is 10.1. The zero-order chi connectivity index (χ0) is 20.1. The summed E-state index contributed by atoms with van der Waals surface area (Å²) < 4.78 is 7.05. The number of anilines is 1. The van der Waals surface area contributed by atoms with Crippen molar-refractivity contribution in [3.05, 3.63) is 72.2 Å². The van der Waals surface area contributed by atoms with Crippen LogP contribution in [0.3, 0.4) is 0 Å². The van der Waals surface area contributed by atoms with Crippen molar-refractivity contribution in [2.24, 2.45) is 0 Å². The lowest BCUT2D eigenvalue weighted by molar-refractivity contribution is -0.124. The van der Waals surface area contributed by atoms with Crippen LogP contribution >= 0.6 is 0 Å². The van der Waals surface area contributed by atoms with Crippen LogP contribution < -0.4 is 10.6 Å². The number of hydrogen-bond acceptors (Lipinski definition) is 5. The number of nitrogens with one attached hydrogen (secondary N) is 2. The van der Waals surface area contributed by atoms with Crippen molar-refractivity contribution in [2.45, 2.75) is 25.5 Å². The van der Waals surface area contributed by atoms with Crippen molar-refractivity contribution in [2.75, 3.05) is 11.9 Å². The summed E-state index contributed by atoms with van der Waals surface area (Å²) >= 11 is 0. The molecule has 0 unspecified atom stereocenters. The summed E-state index contributed by atoms with van der Waals surface area (Å²) in [5.74, 6) is 0.239. The first-order chi connectivity index (χ1) is 14.2. The summed E-state index contributed by atoms with van der Waals surface area (Å²) in [5.41, 5.74) is 1.86. The summed E-state index contributed by atoms with van der Waals surface area (Å²) in [6, 6.07) is 12.4. The SMILES string of the molecule is O=C(NCc1cccnc1-n1cccn1)c1cccc(NC(=O)[C@@H]2CCCO2)c1. The first-order valence-corrected chi connectivity index (χ1v) is 9.45. The van der Waals surface area contributed by atoms with E-state index in [2.05, 4.69) is 20.7 Å². The largest absolute Gasteiger partial charge is 0.368 e. The van der Waals surface area contributed by atoms with Crippen LogP contribution in [0.5, 0.6) is 0 Å². The summed E-state index contributed by atoms with van der Waals surface area (Å²) in [4.78, 5) is 29.2. The van der Waals surface area contributed by atoms with E-state index in [1.807, 2.05) is 18.2 Å². The number of benzene rings is 1. The number of pyridine rings is 1. The van der Waals surface area contributed by atoms with Gasteiger partial charge in [-0.2, -0.15) is 5.10 Å². The molecule has 3 heterocycles. The molecule has 8 nitrogen and oxygen atoms in total. The number of hydrogen-bond donors (Lipinski definition) is 2. The van der Waals surface area contributed by atoms with Gasteiger partial charge in [0, 0.05) is 48.6 Å². The first-order valence-electron chi connectivity index (χ1n) is 9.45. The second-order valence-electron chi connectivity index (χ2n) is 6.69. The summed E-state index contributed by atoms with van der Waals surface area (Å²) in [6.45, 7) is 0.907. The lowest BCUT2D eigenvalue weighted by Gasteiger charge is -2.12. The number of carbonyl (C=O) groups is 2. The van der Waals surface area contributed by atoms with Gasteiger partial charge < -0.3 is 15.4 Å². The Morgan fingerprint density at radius 1 is 1.17 bits per heavy atom. The van der Waals surface area contributed by atoms with Crippen LogP contribution in [0, 0.1) is 0 Å². The molecule has 0 radical (unpaired) electrons. The third-order valence-corrected chi connectivity index (χ3v) is 4.64. The van der Waals surface area contributed by atoms with Crippen LogP contribution in [-0.2, 0) is 16.1 Å². The Bertz CT molecular complexity index is 997. The van der Waals surface area contributed by atoms with E-state index in [1.165, 1.54) is 0 Å². The maximum Gasteiger partial charge on any atom is 0.253 e. The molecular weight excluding hydrogens is 370 g/mol. The number of nitrogens with zero attached hydrogens (tertiary/aromatic N) is 3. The third-order valence-electron chi connectivity index (χ3n) is 4.64. The molecule has 29 heavy (non-hydrogen) atoms. The Morgan fingerprint density at radius 3 is 2.90 bits per heavy atom. The van der Waals surface area contributed by atoms with Crippen LogP contribution in [0.2, 0.25) is 0 Å². The highest BCUT2D eigenvalue weighted by molar-refractivity contribution is 5.98. The smallest absolute Gasteiger partial charge is 0.253 e. The van der Waals surface area contributed by atoms with Gasteiger partial charge in [0.1, 0.15) is 6.10 Å². The quantitative estimate of drug-likeness (QED) is 0.672. The predicted octanol–water partition coefficient (Wildman–Crippen LogP) is 2.31. The predicted molar refractivity (Wildman–Crippen MR) is 107 cm³/mol. The van der Waals surface area contributed by atoms with Crippen LogP contribution in [0.15, 0.2) is 61.1 Å². The van der Waals surface area contributed by atoms with Crippen molar-refractivity contribution < 1.29 is 14.3 Å². The highest BCUT2D eigenvalue weighted by Crippen LogP contribution is 2.17. The number of carbonyl (C=O) groups excluding carboxylic acids is 2. The highest BCUT2D eigenvalue weighted by Gasteiger charge is 2.23. The molecule has 3 aromatic rings. The highest BCUT2D eigenvalue weighted by atomic mass is 16.5. The topological polar surface area (TPSA) is 98.1 Å². The molecule has 1 fully saturated rings. The van der Waals surface area contributed by atoms with Crippen LogP contribution in [-0.4, -0.2) is 39.3 Å². The maximum atomic E-state index is 12.6. The molecule has 2 aromatic heterocycles. The van der Waals surface area contributed by atoms with Gasteiger partial charge in [0.2, 0.25) is 0 Å². The Labute approximate surface area is 167 Å². The molecule has 1 atom stereocenters. The van der Waals surface area contributed by atoms with E-state index in [0.29, 0.717) is 30.2 Å². The monoisotopic (exact) mass is 391 g/mol. The molecule has 1 saturated heterocycles. The van der Waals surface area contributed by atoms with Crippen molar-refractivity contribution in [1.29, 1.82) is 0 Å². The third kappa shape index (κ3) is 4.49. The maximum absolute atomic E-state index is 12.6. The Kier molecular flexibility index (Phi) is 5.62. The fourth-order valence-corrected chi connectivity index (χ4v) is 3.19. The van der Waals surface area contributed by atoms with Crippen molar-refractivity contribution in [3.8, 4) is 5.82 Å². The molecule has 0 spiro atoms. The van der Waals surface area contributed by atoms with Gasteiger partial charge in [-0.15, -0.1) is 0 Å². The fraction of sp³-hybridized carbons (Fsp3) is 0.238. The second kappa shape index (κ2) is 8.66. The summed E-state index contributed by atoms with van der Waals surface area (Å²) in [6.07, 6.45) is 6.34. The van der Waals surface area contributed by atoms with Crippen LogP contribution in [0.25, 0.3) is 5.82 Å². The van der Waals surface area contributed by atoms with Crippen LogP contribution in [0.4, 0.5) is 5.69 Å². The lowest BCUT2D eigenvalue weighted by Crippen LogP contribution is -2.27. The molecule has 0 bridgehead atoms. The van der Waals surface area contributed by atoms with Gasteiger partial charge in [0.25, 0.3) is 11.8 Å². The van der Waals surface area contributed by atoms with Gasteiger partial charge in [-0.05, 0) is 43.2 Å². The fourth-order valence-electron chi connectivity index (χ4n) is 3.19. The molecule has 2 amide bonds. The summed E-state index contributed by atoms with van der Waals surface area (Å²) in [5, 5.41) is 9.91. The molecule has 1 aliphatic rings. The van der Waals surface area contributed by atoms with E-state index in [4.69, 9.17) is 4.74 Å². The van der Waals surface area contributed by atoms with Crippen molar-refractivity contribution >= 4 is 17.5 Å². The first kappa shape index (κ1) is 18.8. The van der Waals surface area contributed by atoms with E-state index in [1.54, 1.807) is 47.5 Å². The average Bonchev–Trinajstić information content (AvgIpc) is 3.47. The molecule has 8 heteroatoms. The van der Waals surface area contributed by atoms with E-state index < -0.39 is 6.10 Å². The second-order valence-corrected chi connectivity index (χ2v) is 6.69. The molecule has 148 valence electrons. The van der Waals surface area contributed by atoms with Crippen molar-refractivity contribution in [1.82, 2.24) is 20.1 Å². The minimum atomic E-state index is -0.418. The van der Waals surface area contributed by atoms with Gasteiger partial charge in [-0.1, -0.05) is 12.1 Å². The Hall–Kier alpha value is -3.52. The average molecular weight is 391 g/mol. The number of aromatic nitrogens is 3. The van der Waals surface area contributed by atoms with E-state index in [-0.39, 0.29) is 11.8 Å². The van der Waals surface area contributed by atoms with E-state index in [0.717, 1.165) is 18.4 Å². The standard InChI is InChI=1S/C21H21N5O3/c27-20(23-14-16-6-2-9-22-19(16)26-11-4-10-24-26)15-5-1-7-17(13-15)25-21(28)18-8-3-12-29-18/h1-2,4-7,9-11,13,18H,3,8,12,14H2,(H,23,27)(H,25,28)/t18-/m0/s1. The molecule has 0 saturated carbocycles. The van der Waals surface area contributed by atoms with Gasteiger partial charge in [0.15, 0.2) is 5.82 Å². The minimum absolute atomic E-state index is 0.181. The number of rotatable bonds is 6. The van der Waals surface area contributed by atoms with Gasteiger partial charge in [-0.3, -0.25) is 9.59 Å². The van der Waals surface area contributed by atoms with Gasteiger partial charge in [-0.25, -0.2) is 9.67 Å². The van der Waals surface area contributed by atoms with Crippen LogP contribution in [0.1, 0.15) is 28.8 Å². The molecule has 2 N–H and O–H groups in total. The summed E-state index contributed by atoms with van der Waals surface area (Å²) in [7, 11) is 0. The molecular formula is C21H21N5O3. The number of amides is 2. The van der Waals surface area contributed by atoms with E-state index >= 15 is 0 Å². The van der Waals surface area contributed by atoms with Gasteiger partial charge in [0.05, 0.1) is 0 Å². The molecule has 4 rings (SSSR count).